The quantitative estimate of drug-likeness (QED) is 0.734. The molecule has 0 aliphatic rings. The minimum absolute atomic E-state index is 0.0660. The van der Waals surface area contributed by atoms with Crippen molar-refractivity contribution in [3.05, 3.63) is 48.4 Å². The molecular formula is C15H15N5O3. The number of amides is 1. The molecule has 0 aliphatic heterocycles. The number of carbonyl (C=O) groups excluding carboxylic acids is 1. The summed E-state index contributed by atoms with van der Waals surface area (Å²) in [4.78, 5) is 13.1. The molecule has 0 bridgehead atoms. The molecule has 0 saturated heterocycles. The monoisotopic (exact) mass is 313 g/mol. The van der Waals surface area contributed by atoms with Gasteiger partial charge in [0.15, 0.2) is 6.61 Å². The number of rotatable bonds is 6. The van der Waals surface area contributed by atoms with Gasteiger partial charge in [-0.25, -0.2) is 0 Å². The highest BCUT2D eigenvalue weighted by molar-refractivity contribution is 5.77. The van der Waals surface area contributed by atoms with Crippen LogP contribution in [0.15, 0.2) is 47.1 Å². The number of furan rings is 1. The maximum absolute atomic E-state index is 11.7. The first kappa shape index (κ1) is 14.8. The number of carbonyl (C=O) groups is 1. The van der Waals surface area contributed by atoms with E-state index in [4.69, 9.17) is 9.15 Å². The van der Waals surface area contributed by atoms with Crippen LogP contribution in [0.5, 0.6) is 5.75 Å². The largest absolute Gasteiger partial charge is 0.484 e. The maximum Gasteiger partial charge on any atom is 0.258 e. The maximum atomic E-state index is 11.7. The minimum Gasteiger partial charge on any atom is -0.484 e. The Hall–Kier alpha value is -3.16. The normalized spacial score (nSPS) is 10.5. The number of ether oxygens (including phenoxy) is 1. The zero-order valence-electron chi connectivity index (χ0n) is 12.5. The van der Waals surface area contributed by atoms with E-state index in [1.54, 1.807) is 37.6 Å². The molecule has 2 aromatic heterocycles. The number of tetrazole rings is 1. The highest BCUT2D eigenvalue weighted by Gasteiger charge is 2.06. The molecule has 2 heterocycles. The van der Waals surface area contributed by atoms with Gasteiger partial charge >= 0.3 is 0 Å². The van der Waals surface area contributed by atoms with Crippen molar-refractivity contribution in [1.29, 1.82) is 0 Å². The molecule has 3 rings (SSSR count). The van der Waals surface area contributed by atoms with Gasteiger partial charge in [-0.2, -0.15) is 4.80 Å². The zero-order chi connectivity index (χ0) is 16.1. The Morgan fingerprint density at radius 3 is 2.78 bits per heavy atom. The molecule has 1 N–H and O–H groups in total. The van der Waals surface area contributed by atoms with Crippen molar-refractivity contribution in [3.63, 3.8) is 0 Å². The van der Waals surface area contributed by atoms with E-state index in [-0.39, 0.29) is 12.5 Å². The lowest BCUT2D eigenvalue weighted by Crippen LogP contribution is -2.28. The third-order valence-corrected chi connectivity index (χ3v) is 3.03. The summed E-state index contributed by atoms with van der Waals surface area (Å²) in [6, 6.07) is 10.7. The van der Waals surface area contributed by atoms with Gasteiger partial charge in [-0.15, -0.1) is 10.2 Å². The fourth-order valence-corrected chi connectivity index (χ4v) is 1.90. The Bertz CT molecular complexity index is 765. The lowest BCUT2D eigenvalue weighted by atomic mass is 10.2. The van der Waals surface area contributed by atoms with Crippen LogP contribution in [0.4, 0.5) is 0 Å². The smallest absolute Gasteiger partial charge is 0.258 e. The van der Waals surface area contributed by atoms with Gasteiger partial charge in [0.05, 0.1) is 19.9 Å². The summed E-state index contributed by atoms with van der Waals surface area (Å²) in [5.74, 6) is 1.60. The van der Waals surface area contributed by atoms with Crippen molar-refractivity contribution in [2.45, 2.75) is 6.54 Å². The van der Waals surface area contributed by atoms with Crippen LogP contribution in [0.1, 0.15) is 5.76 Å². The third-order valence-electron chi connectivity index (χ3n) is 3.03. The zero-order valence-corrected chi connectivity index (χ0v) is 12.5. The summed E-state index contributed by atoms with van der Waals surface area (Å²) in [5.41, 5.74) is 0.827. The van der Waals surface area contributed by atoms with Gasteiger partial charge in [-0.05, 0) is 41.6 Å². The molecule has 0 aliphatic carbocycles. The highest BCUT2D eigenvalue weighted by atomic mass is 16.5. The second kappa shape index (κ2) is 6.73. The van der Waals surface area contributed by atoms with Gasteiger partial charge in [-0.1, -0.05) is 0 Å². The molecule has 23 heavy (non-hydrogen) atoms. The summed E-state index contributed by atoms with van der Waals surface area (Å²) in [6.45, 7) is 0.274. The Labute approximate surface area is 132 Å². The molecule has 0 atom stereocenters. The predicted molar refractivity (Wildman–Crippen MR) is 80.3 cm³/mol. The Kier molecular flexibility index (Phi) is 4.32. The number of nitrogens with one attached hydrogen (secondary N) is 1. The van der Waals surface area contributed by atoms with Gasteiger partial charge < -0.3 is 14.5 Å². The molecule has 0 radical (unpaired) electrons. The van der Waals surface area contributed by atoms with E-state index in [0.717, 1.165) is 5.56 Å². The van der Waals surface area contributed by atoms with Crippen LogP contribution >= 0.6 is 0 Å². The second-order valence-electron chi connectivity index (χ2n) is 4.77. The topological polar surface area (TPSA) is 95.1 Å². The van der Waals surface area contributed by atoms with Crippen molar-refractivity contribution < 1.29 is 13.9 Å². The second-order valence-corrected chi connectivity index (χ2v) is 4.77. The molecule has 8 nitrogen and oxygen atoms in total. The standard InChI is InChI=1S/C15H15N5O3/c1-20-18-15(17-19-20)11-4-6-12(7-5-11)23-10-14(21)16-9-13-3-2-8-22-13/h2-8H,9-10H2,1H3,(H,16,21). The van der Waals surface area contributed by atoms with Crippen LogP contribution in [0.2, 0.25) is 0 Å². The molecule has 1 amide bonds. The number of nitrogens with zero attached hydrogens (tertiary/aromatic N) is 4. The highest BCUT2D eigenvalue weighted by Crippen LogP contribution is 2.18. The predicted octanol–water partition coefficient (Wildman–Crippen LogP) is 1.17. The van der Waals surface area contributed by atoms with Gasteiger partial charge in [0.25, 0.3) is 5.91 Å². The van der Waals surface area contributed by atoms with Gasteiger partial charge in [0.2, 0.25) is 5.82 Å². The summed E-state index contributed by atoms with van der Waals surface area (Å²) < 4.78 is 10.6. The first-order valence-electron chi connectivity index (χ1n) is 6.97. The average molecular weight is 313 g/mol. The van der Waals surface area contributed by atoms with E-state index in [1.807, 2.05) is 12.1 Å². The number of aryl methyl sites for hydroxylation is 1. The summed E-state index contributed by atoms with van der Waals surface area (Å²) in [7, 11) is 1.70. The average Bonchev–Trinajstić information content (AvgIpc) is 3.23. The van der Waals surface area contributed by atoms with Crippen molar-refractivity contribution in [3.8, 4) is 17.1 Å². The van der Waals surface area contributed by atoms with Crippen molar-refractivity contribution in [2.75, 3.05) is 6.61 Å². The summed E-state index contributed by atoms with van der Waals surface area (Å²) >= 11 is 0. The van der Waals surface area contributed by atoms with Crippen LogP contribution in [-0.2, 0) is 18.4 Å². The lowest BCUT2D eigenvalue weighted by Gasteiger charge is -2.07. The Morgan fingerprint density at radius 1 is 1.30 bits per heavy atom. The number of benzene rings is 1. The fourth-order valence-electron chi connectivity index (χ4n) is 1.90. The minimum atomic E-state index is -0.221. The van der Waals surface area contributed by atoms with E-state index in [9.17, 15) is 4.79 Å². The first-order chi connectivity index (χ1) is 11.2. The Balaban J connectivity index is 1.49. The van der Waals surface area contributed by atoms with Crippen LogP contribution in [-0.4, -0.2) is 32.7 Å². The lowest BCUT2D eigenvalue weighted by molar-refractivity contribution is -0.123. The SMILES string of the molecule is Cn1nnc(-c2ccc(OCC(=O)NCc3ccco3)cc2)n1. The first-order valence-corrected chi connectivity index (χ1v) is 6.97. The molecule has 0 spiro atoms. The molecule has 118 valence electrons. The van der Waals surface area contributed by atoms with E-state index < -0.39 is 0 Å². The number of hydrogen-bond acceptors (Lipinski definition) is 6. The van der Waals surface area contributed by atoms with Crippen molar-refractivity contribution >= 4 is 5.91 Å². The van der Waals surface area contributed by atoms with Crippen molar-refractivity contribution in [2.24, 2.45) is 7.05 Å². The van der Waals surface area contributed by atoms with Crippen LogP contribution < -0.4 is 10.1 Å². The van der Waals surface area contributed by atoms with Crippen LogP contribution in [0, 0.1) is 0 Å². The Morgan fingerprint density at radius 2 is 2.13 bits per heavy atom. The van der Waals surface area contributed by atoms with Crippen LogP contribution in [0.3, 0.4) is 0 Å². The summed E-state index contributed by atoms with van der Waals surface area (Å²) in [5, 5.41) is 14.5. The molecule has 0 fully saturated rings. The number of aromatic nitrogens is 4. The third kappa shape index (κ3) is 3.94. The number of hydrogen-bond donors (Lipinski definition) is 1. The molecule has 8 heteroatoms. The fraction of sp³-hybridized carbons (Fsp3) is 0.200. The molecule has 0 saturated carbocycles. The van der Waals surface area contributed by atoms with Crippen LogP contribution in [0.25, 0.3) is 11.4 Å². The van der Waals surface area contributed by atoms with E-state index in [0.29, 0.717) is 23.9 Å². The van der Waals surface area contributed by atoms with Crippen molar-refractivity contribution in [1.82, 2.24) is 25.5 Å². The summed E-state index contributed by atoms with van der Waals surface area (Å²) in [6.07, 6.45) is 1.56. The van der Waals surface area contributed by atoms with Gasteiger partial charge in [0, 0.05) is 5.56 Å². The van der Waals surface area contributed by atoms with Gasteiger partial charge in [-0.3, -0.25) is 4.79 Å². The molecule has 3 aromatic rings. The molecule has 1 aromatic carbocycles. The molecular weight excluding hydrogens is 298 g/mol. The van der Waals surface area contributed by atoms with E-state index in [1.165, 1.54) is 4.80 Å². The van der Waals surface area contributed by atoms with Gasteiger partial charge in [0.1, 0.15) is 11.5 Å². The molecule has 0 unspecified atom stereocenters. The van der Waals surface area contributed by atoms with E-state index >= 15 is 0 Å². The van der Waals surface area contributed by atoms with E-state index in [2.05, 4.69) is 20.7 Å².